The Morgan fingerprint density at radius 2 is 2.45 bits per heavy atom. The fourth-order valence-corrected chi connectivity index (χ4v) is 0.969. The SMILES string of the molecule is CCCC(=O)N1CCOC1=O. The number of cyclic esters (lactones) is 1. The Kier molecular flexibility index (Phi) is 2.46. The zero-order chi connectivity index (χ0) is 8.27. The molecular formula is C7H11NO3. The number of hydrogen-bond donors (Lipinski definition) is 0. The quantitative estimate of drug-likeness (QED) is 0.594. The molecule has 1 heterocycles. The number of hydrogen-bond acceptors (Lipinski definition) is 3. The average Bonchev–Trinajstić information content (AvgIpc) is 2.36. The lowest BCUT2D eigenvalue weighted by atomic mass is 10.3. The fraction of sp³-hybridized carbons (Fsp3) is 0.714. The van der Waals surface area contributed by atoms with Crippen molar-refractivity contribution in [2.24, 2.45) is 0 Å². The van der Waals surface area contributed by atoms with Gasteiger partial charge in [0.05, 0.1) is 6.54 Å². The second-order valence-electron chi connectivity index (χ2n) is 2.41. The second-order valence-corrected chi connectivity index (χ2v) is 2.41. The molecule has 0 N–H and O–H groups in total. The molecule has 1 aliphatic rings. The van der Waals surface area contributed by atoms with Crippen LogP contribution in [0.5, 0.6) is 0 Å². The first-order valence-corrected chi connectivity index (χ1v) is 3.73. The van der Waals surface area contributed by atoms with E-state index in [1.807, 2.05) is 6.92 Å². The highest BCUT2D eigenvalue weighted by Gasteiger charge is 2.27. The van der Waals surface area contributed by atoms with Crippen molar-refractivity contribution in [1.29, 1.82) is 0 Å². The van der Waals surface area contributed by atoms with Gasteiger partial charge in [-0.1, -0.05) is 6.92 Å². The van der Waals surface area contributed by atoms with Crippen molar-refractivity contribution in [2.75, 3.05) is 13.2 Å². The summed E-state index contributed by atoms with van der Waals surface area (Å²) in [4.78, 5) is 23.0. The minimum absolute atomic E-state index is 0.130. The van der Waals surface area contributed by atoms with Crippen molar-refractivity contribution in [3.8, 4) is 0 Å². The number of carbonyl (C=O) groups excluding carboxylic acids is 2. The van der Waals surface area contributed by atoms with Crippen LogP contribution in [-0.4, -0.2) is 30.1 Å². The summed E-state index contributed by atoms with van der Waals surface area (Å²) in [5.41, 5.74) is 0. The topological polar surface area (TPSA) is 46.6 Å². The van der Waals surface area contributed by atoms with Crippen molar-refractivity contribution in [3.05, 3.63) is 0 Å². The van der Waals surface area contributed by atoms with Crippen molar-refractivity contribution in [3.63, 3.8) is 0 Å². The van der Waals surface area contributed by atoms with Gasteiger partial charge < -0.3 is 4.74 Å². The monoisotopic (exact) mass is 157 g/mol. The van der Waals surface area contributed by atoms with Gasteiger partial charge in [-0.3, -0.25) is 4.79 Å². The maximum Gasteiger partial charge on any atom is 0.416 e. The first kappa shape index (κ1) is 8.04. The first-order valence-electron chi connectivity index (χ1n) is 3.73. The van der Waals surface area contributed by atoms with Gasteiger partial charge in [0.1, 0.15) is 6.61 Å². The summed E-state index contributed by atoms with van der Waals surface area (Å²) in [5.74, 6) is -0.130. The van der Waals surface area contributed by atoms with E-state index < -0.39 is 6.09 Å². The number of rotatable bonds is 2. The van der Waals surface area contributed by atoms with Gasteiger partial charge in [0, 0.05) is 6.42 Å². The predicted molar refractivity (Wildman–Crippen MR) is 38.0 cm³/mol. The largest absolute Gasteiger partial charge is 0.447 e. The molecular weight excluding hydrogens is 146 g/mol. The van der Waals surface area contributed by atoms with Crippen LogP contribution in [0, 0.1) is 0 Å². The normalized spacial score (nSPS) is 16.8. The van der Waals surface area contributed by atoms with Gasteiger partial charge >= 0.3 is 6.09 Å². The van der Waals surface area contributed by atoms with Crippen LogP contribution in [0.3, 0.4) is 0 Å². The molecule has 11 heavy (non-hydrogen) atoms. The molecule has 4 heteroatoms. The smallest absolute Gasteiger partial charge is 0.416 e. The lowest BCUT2D eigenvalue weighted by Gasteiger charge is -2.08. The lowest BCUT2D eigenvalue weighted by molar-refractivity contribution is -0.127. The average molecular weight is 157 g/mol. The van der Waals surface area contributed by atoms with Crippen LogP contribution >= 0.6 is 0 Å². The fourth-order valence-electron chi connectivity index (χ4n) is 0.969. The number of imide groups is 1. The van der Waals surface area contributed by atoms with Gasteiger partial charge in [-0.15, -0.1) is 0 Å². The zero-order valence-corrected chi connectivity index (χ0v) is 6.50. The molecule has 1 rings (SSSR count). The maximum atomic E-state index is 11.1. The molecule has 0 unspecified atom stereocenters. The van der Waals surface area contributed by atoms with Crippen molar-refractivity contribution < 1.29 is 14.3 Å². The molecule has 0 aromatic carbocycles. The third-order valence-electron chi connectivity index (χ3n) is 1.53. The van der Waals surface area contributed by atoms with Gasteiger partial charge in [-0.25, -0.2) is 9.69 Å². The Balaban J connectivity index is 2.46. The Bertz CT molecular complexity index is 179. The molecule has 2 amide bonds. The van der Waals surface area contributed by atoms with Crippen molar-refractivity contribution in [1.82, 2.24) is 4.90 Å². The van der Waals surface area contributed by atoms with E-state index >= 15 is 0 Å². The molecule has 1 aliphatic heterocycles. The van der Waals surface area contributed by atoms with E-state index in [-0.39, 0.29) is 5.91 Å². The molecule has 4 nitrogen and oxygen atoms in total. The third-order valence-corrected chi connectivity index (χ3v) is 1.53. The van der Waals surface area contributed by atoms with Crippen molar-refractivity contribution >= 4 is 12.0 Å². The minimum Gasteiger partial charge on any atom is -0.447 e. The summed E-state index contributed by atoms with van der Waals surface area (Å²) in [7, 11) is 0. The van der Waals surface area contributed by atoms with E-state index in [0.717, 1.165) is 11.3 Å². The highest BCUT2D eigenvalue weighted by Crippen LogP contribution is 2.06. The molecule has 0 radical (unpaired) electrons. The summed E-state index contributed by atoms with van der Waals surface area (Å²) in [6, 6.07) is 0. The van der Waals surface area contributed by atoms with Crippen LogP contribution in [0.4, 0.5) is 4.79 Å². The van der Waals surface area contributed by atoms with Gasteiger partial charge in [0.15, 0.2) is 0 Å². The zero-order valence-electron chi connectivity index (χ0n) is 6.50. The van der Waals surface area contributed by atoms with Gasteiger partial charge in [0.2, 0.25) is 5.91 Å². The van der Waals surface area contributed by atoms with Gasteiger partial charge in [-0.05, 0) is 6.42 Å². The van der Waals surface area contributed by atoms with E-state index in [1.54, 1.807) is 0 Å². The Morgan fingerprint density at radius 3 is 2.91 bits per heavy atom. The molecule has 0 spiro atoms. The molecule has 0 aliphatic carbocycles. The summed E-state index contributed by atoms with van der Waals surface area (Å²) in [6.07, 6.45) is 0.695. The minimum atomic E-state index is -0.497. The van der Waals surface area contributed by atoms with Gasteiger partial charge in [-0.2, -0.15) is 0 Å². The number of ether oxygens (including phenoxy) is 1. The van der Waals surface area contributed by atoms with Crippen LogP contribution < -0.4 is 0 Å². The van der Waals surface area contributed by atoms with Crippen LogP contribution in [0.15, 0.2) is 0 Å². The second kappa shape index (κ2) is 3.37. The molecule has 1 fully saturated rings. The van der Waals surface area contributed by atoms with Crippen molar-refractivity contribution in [2.45, 2.75) is 19.8 Å². The summed E-state index contributed by atoms with van der Waals surface area (Å²) < 4.78 is 4.60. The summed E-state index contributed by atoms with van der Waals surface area (Å²) in [5, 5.41) is 0. The van der Waals surface area contributed by atoms with E-state index in [1.165, 1.54) is 0 Å². The highest BCUT2D eigenvalue weighted by molar-refractivity contribution is 5.92. The Labute approximate surface area is 65.1 Å². The lowest BCUT2D eigenvalue weighted by Crippen LogP contribution is -2.31. The highest BCUT2D eigenvalue weighted by atomic mass is 16.6. The molecule has 0 aromatic heterocycles. The number of carbonyl (C=O) groups is 2. The van der Waals surface area contributed by atoms with Gasteiger partial charge in [0.25, 0.3) is 0 Å². The molecule has 62 valence electrons. The Hall–Kier alpha value is -1.06. The molecule has 0 saturated carbocycles. The van der Waals surface area contributed by atoms with Crippen LogP contribution in [0.25, 0.3) is 0 Å². The standard InChI is InChI=1S/C7H11NO3/c1-2-3-6(9)8-4-5-11-7(8)10/h2-5H2,1H3. The first-order chi connectivity index (χ1) is 5.25. The molecule has 0 bridgehead atoms. The number of nitrogens with zero attached hydrogens (tertiary/aromatic N) is 1. The number of amides is 2. The summed E-state index contributed by atoms with van der Waals surface area (Å²) in [6.45, 7) is 2.66. The van der Waals surface area contributed by atoms with E-state index in [2.05, 4.69) is 4.74 Å². The predicted octanol–water partition coefficient (Wildman–Crippen LogP) is 0.765. The van der Waals surface area contributed by atoms with Crippen LogP contribution in [0.1, 0.15) is 19.8 Å². The molecule has 1 saturated heterocycles. The Morgan fingerprint density at radius 1 is 1.73 bits per heavy atom. The molecule has 0 atom stereocenters. The van der Waals surface area contributed by atoms with E-state index in [0.29, 0.717) is 19.6 Å². The maximum absolute atomic E-state index is 11.1. The van der Waals surface area contributed by atoms with Crippen LogP contribution in [0.2, 0.25) is 0 Å². The van der Waals surface area contributed by atoms with Crippen LogP contribution in [-0.2, 0) is 9.53 Å². The third kappa shape index (κ3) is 1.69. The van der Waals surface area contributed by atoms with E-state index in [4.69, 9.17) is 0 Å². The molecule has 0 aromatic rings. The summed E-state index contributed by atoms with van der Waals surface area (Å²) >= 11 is 0. The van der Waals surface area contributed by atoms with E-state index in [9.17, 15) is 9.59 Å².